The Morgan fingerprint density at radius 2 is 1.66 bits per heavy atom. The first kappa shape index (κ1) is 25.6. The third-order valence-electron chi connectivity index (χ3n) is 6.65. The average Bonchev–Trinajstić information content (AvgIpc) is 3.40. The first-order valence-corrected chi connectivity index (χ1v) is 15.0. The van der Waals surface area contributed by atoms with Gasteiger partial charge in [0.15, 0.2) is 0 Å². The predicted molar refractivity (Wildman–Crippen MR) is 144 cm³/mol. The fourth-order valence-corrected chi connectivity index (χ4v) is 8.04. The number of carbonyl (C=O) groups is 3. The molecular weight excluding hydrogens is 821 g/mol. The van der Waals surface area contributed by atoms with Gasteiger partial charge in [-0.3, -0.25) is 14.1 Å². The van der Waals surface area contributed by atoms with Crippen LogP contribution in [0.3, 0.4) is 0 Å². The van der Waals surface area contributed by atoms with Crippen molar-refractivity contribution in [3.05, 3.63) is 52.7 Å². The zero-order valence-corrected chi connectivity index (χ0v) is 24.7. The second-order valence-electron chi connectivity index (χ2n) is 8.47. The SMILES string of the molecule is O=C(OC1C2CC3C1OC(=O)C3C2C(=O)Oc1ccc(S(=O)(=O)O)cc1)c1c(I)ccc(I)c1I. The maximum absolute atomic E-state index is 13.1. The van der Waals surface area contributed by atoms with E-state index in [-0.39, 0.29) is 16.6 Å². The Morgan fingerprint density at radius 3 is 2.31 bits per heavy atom. The first-order valence-electron chi connectivity index (χ1n) is 10.3. The van der Waals surface area contributed by atoms with Crippen LogP contribution in [0.1, 0.15) is 16.8 Å². The van der Waals surface area contributed by atoms with Gasteiger partial charge >= 0.3 is 17.9 Å². The van der Waals surface area contributed by atoms with E-state index in [1.54, 1.807) is 0 Å². The Bertz CT molecular complexity index is 1360. The molecule has 13 heteroatoms. The van der Waals surface area contributed by atoms with E-state index in [1.807, 2.05) is 12.1 Å². The van der Waals surface area contributed by atoms with Crippen LogP contribution in [-0.2, 0) is 29.2 Å². The molecule has 2 aliphatic carbocycles. The van der Waals surface area contributed by atoms with Crippen molar-refractivity contribution in [2.45, 2.75) is 23.5 Å². The molecule has 3 fully saturated rings. The maximum Gasteiger partial charge on any atom is 0.340 e. The largest absolute Gasteiger partial charge is 0.458 e. The highest BCUT2D eigenvalue weighted by Gasteiger charge is 2.70. The predicted octanol–water partition coefficient (Wildman–Crippen LogP) is 3.69. The summed E-state index contributed by atoms with van der Waals surface area (Å²) in [7, 11) is -4.39. The van der Waals surface area contributed by atoms with Crippen molar-refractivity contribution >= 4 is 95.8 Å². The minimum atomic E-state index is -4.39. The summed E-state index contributed by atoms with van der Waals surface area (Å²) in [5, 5.41) is 0. The molecule has 2 bridgehead atoms. The molecule has 0 radical (unpaired) electrons. The van der Waals surface area contributed by atoms with E-state index >= 15 is 0 Å². The van der Waals surface area contributed by atoms with Crippen molar-refractivity contribution in [3.63, 3.8) is 0 Å². The fourth-order valence-electron chi connectivity index (χ4n) is 5.23. The maximum atomic E-state index is 13.1. The van der Waals surface area contributed by atoms with Crippen LogP contribution in [0.2, 0.25) is 0 Å². The highest BCUT2D eigenvalue weighted by Crippen LogP contribution is 2.59. The number of carbonyl (C=O) groups excluding carboxylic acids is 3. The summed E-state index contributed by atoms with van der Waals surface area (Å²) >= 11 is 6.29. The third-order valence-corrected chi connectivity index (χ3v) is 11.5. The number of hydrogen-bond donors (Lipinski definition) is 1. The Labute approximate surface area is 240 Å². The van der Waals surface area contributed by atoms with Gasteiger partial charge in [-0.2, -0.15) is 8.42 Å². The van der Waals surface area contributed by atoms with E-state index in [9.17, 15) is 22.8 Å². The molecule has 184 valence electrons. The summed E-state index contributed by atoms with van der Waals surface area (Å²) in [4.78, 5) is 38.5. The lowest BCUT2D eigenvalue weighted by Gasteiger charge is -2.30. The molecule has 5 rings (SSSR count). The molecule has 1 heterocycles. The Kier molecular flexibility index (Phi) is 6.84. The van der Waals surface area contributed by atoms with Crippen molar-refractivity contribution in [1.29, 1.82) is 0 Å². The van der Waals surface area contributed by atoms with Crippen LogP contribution in [0.25, 0.3) is 0 Å². The summed E-state index contributed by atoms with van der Waals surface area (Å²) in [6.07, 6.45) is -0.891. The van der Waals surface area contributed by atoms with Crippen LogP contribution in [-0.4, -0.2) is 43.1 Å². The van der Waals surface area contributed by atoms with E-state index in [4.69, 9.17) is 18.8 Å². The summed E-state index contributed by atoms with van der Waals surface area (Å²) < 4.78 is 50.8. The molecular formula is C22H15I3O9S. The van der Waals surface area contributed by atoms with E-state index in [0.29, 0.717) is 12.0 Å². The lowest BCUT2D eigenvalue weighted by molar-refractivity contribution is -0.149. The highest BCUT2D eigenvalue weighted by atomic mass is 127. The van der Waals surface area contributed by atoms with Gasteiger partial charge < -0.3 is 14.2 Å². The molecule has 9 nitrogen and oxygen atoms in total. The van der Waals surface area contributed by atoms with Gasteiger partial charge in [0.2, 0.25) is 0 Å². The fraction of sp³-hybridized carbons (Fsp3) is 0.318. The molecule has 6 unspecified atom stereocenters. The van der Waals surface area contributed by atoms with Gasteiger partial charge in [0, 0.05) is 22.5 Å². The van der Waals surface area contributed by atoms with Crippen molar-refractivity contribution in [2.75, 3.05) is 0 Å². The minimum Gasteiger partial charge on any atom is -0.458 e. The van der Waals surface area contributed by atoms with Crippen LogP contribution < -0.4 is 4.74 Å². The Hall–Kier alpha value is -1.05. The molecule has 2 saturated carbocycles. The van der Waals surface area contributed by atoms with Gasteiger partial charge in [-0.25, -0.2) is 4.79 Å². The van der Waals surface area contributed by atoms with Crippen LogP contribution in [0.5, 0.6) is 5.75 Å². The van der Waals surface area contributed by atoms with Crippen molar-refractivity contribution in [3.8, 4) is 5.75 Å². The lowest BCUT2D eigenvalue weighted by atomic mass is 9.78. The number of hydrogen-bond acceptors (Lipinski definition) is 8. The number of benzene rings is 2. The quantitative estimate of drug-likeness (QED) is 0.158. The summed E-state index contributed by atoms with van der Waals surface area (Å²) in [5.74, 6) is -3.91. The molecule has 3 aliphatic rings. The van der Waals surface area contributed by atoms with Gasteiger partial charge in [0.1, 0.15) is 18.0 Å². The summed E-state index contributed by atoms with van der Waals surface area (Å²) in [6, 6.07) is 8.41. The standard InChI is InChI=1S/C22H15I3O9S/c23-12-5-6-13(24)17(25)16(12)22(28)34-19-10-7-11-15(21(27)33-18(11)19)14(10)20(26)32-8-1-3-9(4-2-8)35(29,30)31/h1-6,10-11,14-15,18-19H,7H2,(H,29,30,31). The van der Waals surface area contributed by atoms with Crippen LogP contribution >= 0.6 is 67.8 Å². The molecule has 35 heavy (non-hydrogen) atoms. The molecule has 0 spiro atoms. The third kappa shape index (κ3) is 4.48. The molecule has 0 aromatic heterocycles. The molecule has 0 amide bonds. The number of ether oxygens (including phenoxy) is 3. The van der Waals surface area contributed by atoms with Gasteiger partial charge in [0.25, 0.3) is 10.1 Å². The number of halogens is 3. The monoisotopic (exact) mass is 836 g/mol. The number of esters is 3. The minimum absolute atomic E-state index is 0.0598. The second-order valence-corrected chi connectivity index (χ2v) is 13.3. The Balaban J connectivity index is 1.38. The van der Waals surface area contributed by atoms with Gasteiger partial charge in [-0.05, 0) is 111 Å². The van der Waals surface area contributed by atoms with E-state index < -0.39 is 58.0 Å². The number of fused-ring (bicyclic) bond motifs is 1. The zero-order chi connectivity index (χ0) is 25.2. The van der Waals surface area contributed by atoms with Gasteiger partial charge in [0.05, 0.1) is 22.3 Å². The topological polar surface area (TPSA) is 133 Å². The normalized spacial score (nSPS) is 28.6. The van der Waals surface area contributed by atoms with Crippen LogP contribution in [0.4, 0.5) is 0 Å². The highest BCUT2D eigenvalue weighted by molar-refractivity contribution is 14.1. The lowest BCUT2D eigenvalue weighted by Crippen LogP contribution is -2.44. The number of rotatable bonds is 5. The second kappa shape index (κ2) is 9.36. The smallest absolute Gasteiger partial charge is 0.340 e. The van der Waals surface area contributed by atoms with Gasteiger partial charge in [-0.1, -0.05) is 0 Å². The Morgan fingerprint density at radius 1 is 1.00 bits per heavy atom. The van der Waals surface area contributed by atoms with Gasteiger partial charge in [-0.15, -0.1) is 0 Å². The average molecular weight is 836 g/mol. The van der Waals surface area contributed by atoms with Crippen LogP contribution in [0.15, 0.2) is 41.3 Å². The van der Waals surface area contributed by atoms with Crippen molar-refractivity contribution < 1.29 is 41.6 Å². The van der Waals surface area contributed by atoms with Crippen LogP contribution in [0, 0.1) is 34.4 Å². The summed E-state index contributed by atoms with van der Waals surface area (Å²) in [6.45, 7) is 0. The van der Waals surface area contributed by atoms with Crippen molar-refractivity contribution in [1.82, 2.24) is 0 Å². The zero-order valence-electron chi connectivity index (χ0n) is 17.4. The first-order chi connectivity index (χ1) is 16.5. The summed E-state index contributed by atoms with van der Waals surface area (Å²) in [5.41, 5.74) is 0.430. The molecule has 1 N–H and O–H groups in total. The van der Waals surface area contributed by atoms with E-state index in [0.717, 1.165) is 22.8 Å². The van der Waals surface area contributed by atoms with E-state index in [2.05, 4.69) is 67.8 Å². The molecule has 1 aliphatic heterocycles. The van der Waals surface area contributed by atoms with Crippen molar-refractivity contribution in [2.24, 2.45) is 23.7 Å². The molecule has 6 atom stereocenters. The molecule has 1 saturated heterocycles. The molecule has 2 aromatic rings. The molecule has 2 aromatic carbocycles. The van der Waals surface area contributed by atoms with E-state index in [1.165, 1.54) is 12.1 Å².